The third-order valence-electron chi connectivity index (χ3n) is 3.50. The summed E-state index contributed by atoms with van der Waals surface area (Å²) in [5.74, 6) is 1.22. The minimum Gasteiger partial charge on any atom is -0.350 e. The minimum absolute atomic E-state index is 0.0808. The first-order valence-electron chi connectivity index (χ1n) is 6.16. The molecule has 2 unspecified atom stereocenters. The van der Waals surface area contributed by atoms with Crippen molar-refractivity contribution in [1.29, 1.82) is 0 Å². The zero-order valence-corrected chi connectivity index (χ0v) is 13.2. The standard InChI is InChI=1S/C13H16Br2N2O/c14-6-9-2-1-3-10(9)7-17-13(18)12-5-4-11(15)8-16-12/h4-5,8-10H,1-3,6-7H2,(H,17,18). The molecule has 0 bridgehead atoms. The van der Waals surface area contributed by atoms with Crippen LogP contribution in [0.15, 0.2) is 22.8 Å². The highest BCUT2D eigenvalue weighted by atomic mass is 79.9. The molecule has 0 spiro atoms. The van der Waals surface area contributed by atoms with Gasteiger partial charge in [-0.05, 0) is 52.7 Å². The molecule has 1 fully saturated rings. The number of carbonyl (C=O) groups is 1. The number of nitrogens with one attached hydrogen (secondary N) is 1. The van der Waals surface area contributed by atoms with Crippen LogP contribution in [0.2, 0.25) is 0 Å². The van der Waals surface area contributed by atoms with E-state index in [0.29, 0.717) is 17.5 Å². The van der Waals surface area contributed by atoms with Gasteiger partial charge in [-0.1, -0.05) is 22.4 Å². The zero-order chi connectivity index (χ0) is 13.0. The molecule has 0 saturated heterocycles. The summed E-state index contributed by atoms with van der Waals surface area (Å²) in [6, 6.07) is 3.56. The first-order chi connectivity index (χ1) is 8.70. The molecule has 1 aromatic heterocycles. The number of alkyl halides is 1. The normalized spacial score (nSPS) is 23.0. The second kappa shape index (κ2) is 6.66. The van der Waals surface area contributed by atoms with Crippen LogP contribution in [0.3, 0.4) is 0 Å². The fraction of sp³-hybridized carbons (Fsp3) is 0.538. The molecule has 98 valence electrons. The van der Waals surface area contributed by atoms with Gasteiger partial charge in [0.2, 0.25) is 0 Å². The summed E-state index contributed by atoms with van der Waals surface area (Å²) in [5, 5.41) is 4.02. The fourth-order valence-corrected chi connectivity index (χ4v) is 3.50. The van der Waals surface area contributed by atoms with Gasteiger partial charge in [-0.2, -0.15) is 0 Å². The molecule has 0 aromatic carbocycles. The molecule has 3 nitrogen and oxygen atoms in total. The number of hydrogen-bond donors (Lipinski definition) is 1. The molecule has 1 aromatic rings. The number of halogens is 2. The van der Waals surface area contributed by atoms with Crippen LogP contribution >= 0.6 is 31.9 Å². The molecule has 0 aliphatic heterocycles. The second-order valence-electron chi connectivity index (χ2n) is 4.68. The van der Waals surface area contributed by atoms with Crippen molar-refractivity contribution in [3.05, 3.63) is 28.5 Å². The predicted molar refractivity (Wildman–Crippen MR) is 78.9 cm³/mol. The lowest BCUT2D eigenvalue weighted by Crippen LogP contribution is -2.31. The van der Waals surface area contributed by atoms with E-state index < -0.39 is 0 Å². The van der Waals surface area contributed by atoms with Crippen LogP contribution in [0, 0.1) is 11.8 Å². The highest BCUT2D eigenvalue weighted by Crippen LogP contribution is 2.32. The number of aromatic nitrogens is 1. The molecule has 5 heteroatoms. The Labute approximate surface area is 124 Å². The van der Waals surface area contributed by atoms with Crippen molar-refractivity contribution in [3.8, 4) is 0 Å². The van der Waals surface area contributed by atoms with Crippen molar-refractivity contribution in [2.45, 2.75) is 19.3 Å². The lowest BCUT2D eigenvalue weighted by atomic mass is 9.98. The van der Waals surface area contributed by atoms with Crippen LogP contribution in [0.25, 0.3) is 0 Å². The second-order valence-corrected chi connectivity index (χ2v) is 6.24. The summed E-state index contributed by atoms with van der Waals surface area (Å²) in [6.07, 6.45) is 5.39. The van der Waals surface area contributed by atoms with Gasteiger partial charge < -0.3 is 5.32 Å². The zero-order valence-electron chi connectivity index (χ0n) is 10.0. The van der Waals surface area contributed by atoms with Crippen molar-refractivity contribution in [2.75, 3.05) is 11.9 Å². The fourth-order valence-electron chi connectivity index (χ4n) is 2.41. The number of rotatable bonds is 4. The molecule has 1 N–H and O–H groups in total. The molecular weight excluding hydrogens is 360 g/mol. The Kier molecular flexibility index (Phi) is 5.18. The highest BCUT2D eigenvalue weighted by molar-refractivity contribution is 9.10. The number of carbonyl (C=O) groups excluding carboxylic acids is 1. The Bertz CT molecular complexity index is 408. The van der Waals surface area contributed by atoms with Gasteiger partial charge in [0.1, 0.15) is 5.69 Å². The lowest BCUT2D eigenvalue weighted by Gasteiger charge is -2.17. The molecule has 1 saturated carbocycles. The summed E-state index contributed by atoms with van der Waals surface area (Å²) in [6.45, 7) is 0.757. The van der Waals surface area contributed by atoms with E-state index in [1.54, 1.807) is 12.3 Å². The van der Waals surface area contributed by atoms with Crippen molar-refractivity contribution < 1.29 is 4.79 Å². The minimum atomic E-state index is -0.0808. The summed E-state index contributed by atoms with van der Waals surface area (Å²) in [5.41, 5.74) is 0.478. The molecule has 2 atom stereocenters. The molecule has 1 amide bonds. The SMILES string of the molecule is O=C(NCC1CCCC1CBr)c1ccc(Br)cn1. The van der Waals surface area contributed by atoms with Crippen LogP contribution in [-0.2, 0) is 0 Å². The van der Waals surface area contributed by atoms with Crippen molar-refractivity contribution in [1.82, 2.24) is 10.3 Å². The lowest BCUT2D eigenvalue weighted by molar-refractivity contribution is 0.0940. The number of pyridine rings is 1. The summed E-state index contributed by atoms with van der Waals surface area (Å²) in [7, 11) is 0. The average molecular weight is 376 g/mol. The van der Waals surface area contributed by atoms with Gasteiger partial charge in [0.25, 0.3) is 5.91 Å². The quantitative estimate of drug-likeness (QED) is 0.819. The predicted octanol–water partition coefficient (Wildman–Crippen LogP) is 3.39. The largest absolute Gasteiger partial charge is 0.350 e. The molecular formula is C13H16Br2N2O. The summed E-state index contributed by atoms with van der Waals surface area (Å²) >= 11 is 6.85. The average Bonchev–Trinajstić information content (AvgIpc) is 2.84. The van der Waals surface area contributed by atoms with E-state index in [1.807, 2.05) is 6.07 Å². The smallest absolute Gasteiger partial charge is 0.269 e. The highest BCUT2D eigenvalue weighted by Gasteiger charge is 2.26. The maximum absolute atomic E-state index is 11.9. The third kappa shape index (κ3) is 3.54. The molecule has 1 heterocycles. The Hall–Kier alpha value is -0.420. The van der Waals surface area contributed by atoms with E-state index in [1.165, 1.54) is 19.3 Å². The van der Waals surface area contributed by atoms with Crippen molar-refractivity contribution in [3.63, 3.8) is 0 Å². The molecule has 2 rings (SSSR count). The monoisotopic (exact) mass is 374 g/mol. The maximum atomic E-state index is 11.9. The van der Waals surface area contributed by atoms with Gasteiger partial charge in [-0.25, -0.2) is 4.98 Å². The van der Waals surface area contributed by atoms with E-state index >= 15 is 0 Å². The van der Waals surface area contributed by atoms with E-state index in [9.17, 15) is 4.79 Å². The Balaban J connectivity index is 1.86. The van der Waals surface area contributed by atoms with Gasteiger partial charge in [-0.3, -0.25) is 4.79 Å². The van der Waals surface area contributed by atoms with Crippen LogP contribution in [-0.4, -0.2) is 22.8 Å². The van der Waals surface area contributed by atoms with Gasteiger partial charge >= 0.3 is 0 Å². The van der Waals surface area contributed by atoms with Gasteiger partial charge in [0.05, 0.1) is 0 Å². The Morgan fingerprint density at radius 3 is 2.83 bits per heavy atom. The Morgan fingerprint density at radius 1 is 1.39 bits per heavy atom. The molecule has 18 heavy (non-hydrogen) atoms. The topological polar surface area (TPSA) is 42.0 Å². The molecule has 1 aliphatic rings. The molecule has 0 radical (unpaired) electrons. The Morgan fingerprint density at radius 2 is 2.17 bits per heavy atom. The first-order valence-corrected chi connectivity index (χ1v) is 8.08. The summed E-state index contributed by atoms with van der Waals surface area (Å²) in [4.78, 5) is 16.0. The first kappa shape index (κ1) is 14.0. The van der Waals surface area contributed by atoms with Crippen LogP contribution in [0.4, 0.5) is 0 Å². The maximum Gasteiger partial charge on any atom is 0.269 e. The van der Waals surface area contributed by atoms with Crippen LogP contribution in [0.5, 0.6) is 0 Å². The number of hydrogen-bond acceptors (Lipinski definition) is 2. The van der Waals surface area contributed by atoms with E-state index in [-0.39, 0.29) is 5.91 Å². The molecule has 1 aliphatic carbocycles. The van der Waals surface area contributed by atoms with E-state index in [4.69, 9.17) is 0 Å². The van der Waals surface area contributed by atoms with Crippen molar-refractivity contribution in [2.24, 2.45) is 11.8 Å². The summed E-state index contributed by atoms with van der Waals surface area (Å²) < 4.78 is 0.884. The van der Waals surface area contributed by atoms with Crippen molar-refractivity contribution >= 4 is 37.8 Å². The van der Waals surface area contributed by atoms with Gasteiger partial charge in [0.15, 0.2) is 0 Å². The number of nitrogens with zero attached hydrogens (tertiary/aromatic N) is 1. The third-order valence-corrected chi connectivity index (χ3v) is 4.80. The van der Waals surface area contributed by atoms with Gasteiger partial charge in [0, 0.05) is 22.5 Å². The number of amides is 1. The van der Waals surface area contributed by atoms with E-state index in [2.05, 4.69) is 42.2 Å². The van der Waals surface area contributed by atoms with Gasteiger partial charge in [-0.15, -0.1) is 0 Å². The van der Waals surface area contributed by atoms with Crippen LogP contribution < -0.4 is 5.32 Å². The van der Waals surface area contributed by atoms with Crippen LogP contribution in [0.1, 0.15) is 29.8 Å². The van der Waals surface area contributed by atoms with E-state index in [0.717, 1.165) is 16.3 Å².